The van der Waals surface area contributed by atoms with Gasteiger partial charge in [-0.15, -0.1) is 0 Å². The first kappa shape index (κ1) is 24.4. The van der Waals surface area contributed by atoms with E-state index in [1.807, 2.05) is 6.07 Å². The lowest BCUT2D eigenvalue weighted by Crippen LogP contribution is -2.14. The molecule has 172 valence electrons. The van der Waals surface area contributed by atoms with Crippen molar-refractivity contribution in [3.05, 3.63) is 97.8 Å². The quantitative estimate of drug-likeness (QED) is 0.176. The van der Waals surface area contributed by atoms with Crippen LogP contribution in [0.4, 0.5) is 15.8 Å². The van der Waals surface area contributed by atoms with Gasteiger partial charge in [0.2, 0.25) is 0 Å². The highest BCUT2D eigenvalue weighted by Crippen LogP contribution is 2.30. The van der Waals surface area contributed by atoms with E-state index < -0.39 is 10.8 Å². The normalized spacial score (nSPS) is 10.8. The Morgan fingerprint density at radius 2 is 1.91 bits per heavy atom. The van der Waals surface area contributed by atoms with Gasteiger partial charge in [0, 0.05) is 16.6 Å². The van der Waals surface area contributed by atoms with Crippen molar-refractivity contribution < 1.29 is 23.6 Å². The number of carbonyl (C=O) groups is 1. The summed E-state index contributed by atoms with van der Waals surface area (Å²) in [6.07, 6.45) is 1.38. The molecule has 0 aromatic heterocycles. The Morgan fingerprint density at radius 3 is 2.53 bits per heavy atom. The summed E-state index contributed by atoms with van der Waals surface area (Å²) in [5, 5.41) is 22.9. The zero-order valence-corrected chi connectivity index (χ0v) is 19.3. The molecule has 0 spiro atoms. The van der Waals surface area contributed by atoms with Crippen LogP contribution in [0.3, 0.4) is 0 Å². The van der Waals surface area contributed by atoms with Gasteiger partial charge in [-0.1, -0.05) is 18.2 Å². The smallest absolute Gasteiger partial charge is 0.270 e. The van der Waals surface area contributed by atoms with Crippen molar-refractivity contribution in [3.63, 3.8) is 0 Å². The lowest BCUT2D eigenvalue weighted by molar-refractivity contribution is -0.384. The first-order valence-corrected chi connectivity index (χ1v) is 10.5. The second-order valence-electron chi connectivity index (χ2n) is 6.87. The Kier molecular flexibility index (Phi) is 7.95. The highest BCUT2D eigenvalue weighted by Gasteiger charge is 2.15. The standard InChI is InChI=1S/C24H17BrFN3O5/c1-33-23-11-16(4-9-22(23)34-14-15-2-5-18(26)6-3-15)10-17(13-27)24(30)28-21-8-7-19(29(31)32)12-20(21)25/h2-12H,14H2,1H3,(H,28,30)/b17-10+. The number of nitriles is 1. The minimum Gasteiger partial charge on any atom is -0.493 e. The number of halogens is 2. The summed E-state index contributed by atoms with van der Waals surface area (Å²) in [6.45, 7) is 0.196. The number of amides is 1. The molecule has 0 heterocycles. The molecule has 10 heteroatoms. The fraction of sp³-hybridized carbons (Fsp3) is 0.0833. The topological polar surface area (TPSA) is 114 Å². The SMILES string of the molecule is COc1cc(/C=C(\C#N)C(=O)Nc2ccc([N+](=O)[O-])cc2Br)ccc1OCc1ccc(F)cc1. The molecule has 8 nitrogen and oxygen atoms in total. The van der Waals surface area contributed by atoms with E-state index in [1.54, 1.807) is 30.3 Å². The number of non-ortho nitro benzene ring substituents is 1. The largest absolute Gasteiger partial charge is 0.493 e. The molecule has 0 fully saturated rings. The van der Waals surface area contributed by atoms with Gasteiger partial charge in [-0.2, -0.15) is 5.26 Å². The van der Waals surface area contributed by atoms with Crippen LogP contribution in [0.25, 0.3) is 6.08 Å². The van der Waals surface area contributed by atoms with E-state index in [-0.39, 0.29) is 29.4 Å². The molecule has 34 heavy (non-hydrogen) atoms. The van der Waals surface area contributed by atoms with Crippen molar-refractivity contribution in [3.8, 4) is 17.6 Å². The maximum Gasteiger partial charge on any atom is 0.270 e. The van der Waals surface area contributed by atoms with E-state index in [0.29, 0.717) is 21.5 Å². The number of methoxy groups -OCH3 is 1. The van der Waals surface area contributed by atoms with Crippen molar-refractivity contribution in [2.75, 3.05) is 12.4 Å². The van der Waals surface area contributed by atoms with Gasteiger partial charge in [0.05, 0.1) is 17.7 Å². The summed E-state index contributed by atoms with van der Waals surface area (Å²) in [6, 6.07) is 16.5. The lowest BCUT2D eigenvalue weighted by Gasteiger charge is -2.12. The summed E-state index contributed by atoms with van der Waals surface area (Å²) in [5.74, 6) is -0.211. The Labute approximate surface area is 202 Å². The molecule has 0 aliphatic rings. The monoisotopic (exact) mass is 525 g/mol. The van der Waals surface area contributed by atoms with Crippen LogP contribution in [0.1, 0.15) is 11.1 Å². The number of nitro benzene ring substituents is 1. The van der Waals surface area contributed by atoms with E-state index in [9.17, 15) is 24.6 Å². The van der Waals surface area contributed by atoms with Crippen LogP contribution in [0.15, 0.2) is 70.7 Å². The summed E-state index contributed by atoms with van der Waals surface area (Å²) in [4.78, 5) is 22.9. The summed E-state index contributed by atoms with van der Waals surface area (Å²) in [7, 11) is 1.46. The number of benzene rings is 3. The molecule has 3 aromatic rings. The Morgan fingerprint density at radius 1 is 1.18 bits per heavy atom. The van der Waals surface area contributed by atoms with E-state index >= 15 is 0 Å². The van der Waals surface area contributed by atoms with Crippen molar-refractivity contribution in [2.24, 2.45) is 0 Å². The highest BCUT2D eigenvalue weighted by atomic mass is 79.9. The number of nitro groups is 1. The first-order chi connectivity index (χ1) is 16.3. The minimum atomic E-state index is -0.687. The van der Waals surface area contributed by atoms with Gasteiger partial charge in [-0.05, 0) is 63.5 Å². The van der Waals surface area contributed by atoms with Gasteiger partial charge in [-0.3, -0.25) is 14.9 Å². The summed E-state index contributed by atoms with van der Waals surface area (Å²) in [5.41, 5.74) is 1.23. The third-order valence-electron chi connectivity index (χ3n) is 4.58. The lowest BCUT2D eigenvalue weighted by atomic mass is 10.1. The molecule has 1 amide bonds. The number of ether oxygens (including phenoxy) is 2. The van der Waals surface area contributed by atoms with Gasteiger partial charge in [0.25, 0.3) is 11.6 Å². The van der Waals surface area contributed by atoms with Crippen LogP contribution in [0.5, 0.6) is 11.5 Å². The van der Waals surface area contributed by atoms with Crippen LogP contribution in [-0.2, 0) is 11.4 Å². The van der Waals surface area contributed by atoms with Gasteiger partial charge in [-0.25, -0.2) is 4.39 Å². The van der Waals surface area contributed by atoms with Gasteiger partial charge in [0.1, 0.15) is 24.1 Å². The van der Waals surface area contributed by atoms with Crippen molar-refractivity contribution in [1.29, 1.82) is 5.26 Å². The number of nitrogens with one attached hydrogen (secondary N) is 1. The molecule has 0 radical (unpaired) electrons. The molecule has 0 aliphatic heterocycles. The van der Waals surface area contributed by atoms with E-state index in [2.05, 4.69) is 21.2 Å². The van der Waals surface area contributed by atoms with Crippen LogP contribution < -0.4 is 14.8 Å². The third kappa shape index (κ3) is 6.17. The molecule has 0 unspecified atom stereocenters. The van der Waals surface area contributed by atoms with Gasteiger partial charge in [0.15, 0.2) is 11.5 Å². The van der Waals surface area contributed by atoms with Crippen molar-refractivity contribution in [1.82, 2.24) is 0 Å². The molecular formula is C24H17BrFN3O5. The molecule has 0 bridgehead atoms. The zero-order valence-electron chi connectivity index (χ0n) is 17.7. The molecule has 3 rings (SSSR count). The Bertz CT molecular complexity index is 1300. The number of nitrogens with zero attached hydrogens (tertiary/aromatic N) is 2. The molecule has 1 N–H and O–H groups in total. The highest BCUT2D eigenvalue weighted by molar-refractivity contribution is 9.10. The molecule has 0 saturated carbocycles. The molecule has 3 aromatic carbocycles. The molecule has 0 saturated heterocycles. The number of carbonyl (C=O) groups excluding carboxylic acids is 1. The number of hydrogen-bond acceptors (Lipinski definition) is 6. The van der Waals surface area contributed by atoms with Crippen LogP contribution in [0.2, 0.25) is 0 Å². The maximum atomic E-state index is 13.0. The Balaban J connectivity index is 1.75. The number of hydrogen-bond donors (Lipinski definition) is 1. The van der Waals surface area contributed by atoms with Crippen molar-refractivity contribution >= 4 is 39.3 Å². The molecular weight excluding hydrogens is 509 g/mol. The van der Waals surface area contributed by atoms with Crippen LogP contribution >= 0.6 is 15.9 Å². The predicted molar refractivity (Wildman–Crippen MR) is 127 cm³/mol. The first-order valence-electron chi connectivity index (χ1n) is 9.73. The predicted octanol–water partition coefficient (Wildman–Crippen LogP) is 5.63. The number of anilines is 1. The second-order valence-corrected chi connectivity index (χ2v) is 7.72. The summed E-state index contributed by atoms with van der Waals surface area (Å²) < 4.78 is 24.4. The third-order valence-corrected chi connectivity index (χ3v) is 5.24. The zero-order chi connectivity index (χ0) is 24.7. The van der Waals surface area contributed by atoms with E-state index in [4.69, 9.17) is 9.47 Å². The fourth-order valence-corrected chi connectivity index (χ4v) is 3.32. The molecule has 0 atom stereocenters. The molecule has 0 aliphatic carbocycles. The van der Waals surface area contributed by atoms with E-state index in [1.165, 1.54) is 43.5 Å². The van der Waals surface area contributed by atoms with Crippen molar-refractivity contribution in [2.45, 2.75) is 6.61 Å². The number of rotatable bonds is 8. The summed E-state index contributed by atoms with van der Waals surface area (Å²) >= 11 is 3.17. The Hall–Kier alpha value is -4.23. The van der Waals surface area contributed by atoms with Crippen LogP contribution in [-0.4, -0.2) is 17.9 Å². The second kappa shape index (κ2) is 11.1. The average molecular weight is 526 g/mol. The minimum absolute atomic E-state index is 0.144. The average Bonchev–Trinajstić information content (AvgIpc) is 2.83. The van der Waals surface area contributed by atoms with Gasteiger partial charge >= 0.3 is 0 Å². The van der Waals surface area contributed by atoms with Crippen LogP contribution in [0, 0.1) is 27.3 Å². The maximum absolute atomic E-state index is 13.0. The fourth-order valence-electron chi connectivity index (χ4n) is 2.86. The van der Waals surface area contributed by atoms with E-state index in [0.717, 1.165) is 5.56 Å². The van der Waals surface area contributed by atoms with Gasteiger partial charge < -0.3 is 14.8 Å².